The second-order valence-electron chi connectivity index (χ2n) is 4.56. The van der Waals surface area contributed by atoms with Gasteiger partial charge in [-0.1, -0.05) is 6.42 Å². The molecule has 6 heteroatoms. The van der Waals surface area contributed by atoms with Gasteiger partial charge in [0.1, 0.15) is 5.56 Å². The maximum Gasteiger partial charge on any atom is 0.339 e. The molecule has 98 valence electrons. The fourth-order valence-electron chi connectivity index (χ4n) is 2.22. The van der Waals surface area contributed by atoms with Crippen molar-refractivity contribution in [3.8, 4) is 0 Å². The molecule has 0 atom stereocenters. The molecule has 1 saturated heterocycles. The molecule has 0 unspecified atom stereocenters. The number of nitrogens with zero attached hydrogens (tertiary/aromatic N) is 3. The van der Waals surface area contributed by atoms with Crippen LogP contribution in [0.4, 0.5) is 0 Å². The summed E-state index contributed by atoms with van der Waals surface area (Å²) < 4.78 is 1.53. The minimum Gasteiger partial charge on any atom is -0.478 e. The van der Waals surface area contributed by atoms with Crippen LogP contribution in [0, 0.1) is 0 Å². The largest absolute Gasteiger partial charge is 0.478 e. The van der Waals surface area contributed by atoms with Crippen LogP contribution in [0.5, 0.6) is 0 Å². The predicted octanol–water partition coefficient (Wildman–Crippen LogP) is 1.02. The number of hydrogen-bond acceptors (Lipinski definition) is 3. The third-order valence-electron chi connectivity index (χ3n) is 3.30. The summed E-state index contributed by atoms with van der Waals surface area (Å²) in [5, 5.41) is 13.0. The Bertz CT molecular complexity index is 467. The fourth-order valence-corrected chi connectivity index (χ4v) is 2.22. The van der Waals surface area contributed by atoms with Gasteiger partial charge in [0.05, 0.1) is 18.4 Å². The van der Waals surface area contributed by atoms with Gasteiger partial charge in [-0.25, -0.2) is 4.79 Å². The number of likely N-dealkylation sites (tertiary alicyclic amines) is 1. The molecule has 1 aliphatic rings. The number of aryl methyl sites for hydroxylation is 1. The van der Waals surface area contributed by atoms with Crippen LogP contribution in [0.3, 0.4) is 0 Å². The lowest BCUT2D eigenvalue weighted by Crippen LogP contribution is -2.31. The molecule has 0 radical (unpaired) electrons. The maximum atomic E-state index is 11.9. The highest BCUT2D eigenvalue weighted by molar-refractivity contribution is 5.88. The lowest BCUT2D eigenvalue weighted by atomic mass is 10.2. The maximum absolute atomic E-state index is 11.9. The summed E-state index contributed by atoms with van der Waals surface area (Å²) in [6.07, 6.45) is 4.85. The van der Waals surface area contributed by atoms with Crippen molar-refractivity contribution in [2.45, 2.75) is 32.2 Å². The first kappa shape index (κ1) is 12.6. The Balaban J connectivity index is 2.19. The smallest absolute Gasteiger partial charge is 0.339 e. The highest BCUT2D eigenvalue weighted by Crippen LogP contribution is 2.16. The molecule has 1 N–H and O–H groups in total. The normalized spacial score (nSPS) is 16.7. The second kappa shape index (κ2) is 5.20. The van der Waals surface area contributed by atoms with Crippen LogP contribution in [0.15, 0.2) is 6.20 Å². The fraction of sp³-hybridized carbons (Fsp3) is 0.583. The average Bonchev–Trinajstić information content (AvgIpc) is 2.55. The first-order chi connectivity index (χ1) is 8.59. The molecule has 1 aromatic heterocycles. The van der Waals surface area contributed by atoms with E-state index in [1.165, 1.54) is 10.9 Å². The molecule has 0 spiro atoms. The third-order valence-corrected chi connectivity index (χ3v) is 3.30. The van der Waals surface area contributed by atoms with E-state index in [1.807, 2.05) is 0 Å². The van der Waals surface area contributed by atoms with Crippen LogP contribution >= 0.6 is 0 Å². The van der Waals surface area contributed by atoms with Gasteiger partial charge in [-0.05, 0) is 12.8 Å². The molecular weight excluding hydrogens is 234 g/mol. The van der Waals surface area contributed by atoms with Crippen LogP contribution in [-0.2, 0) is 18.4 Å². The van der Waals surface area contributed by atoms with E-state index < -0.39 is 5.97 Å². The molecule has 2 rings (SSSR count). The number of carbonyl (C=O) groups excluding carboxylic acids is 1. The van der Waals surface area contributed by atoms with Crippen LogP contribution in [0.1, 0.15) is 41.7 Å². The van der Waals surface area contributed by atoms with E-state index in [2.05, 4.69) is 5.10 Å². The van der Waals surface area contributed by atoms with Crippen LogP contribution in [0.2, 0.25) is 0 Å². The van der Waals surface area contributed by atoms with Gasteiger partial charge in [0, 0.05) is 20.0 Å². The molecule has 2 heterocycles. The number of amides is 1. The minimum absolute atomic E-state index is 0.102. The zero-order valence-electron chi connectivity index (χ0n) is 10.4. The van der Waals surface area contributed by atoms with Crippen LogP contribution in [-0.4, -0.2) is 38.2 Å². The van der Waals surface area contributed by atoms with E-state index >= 15 is 0 Å². The zero-order valence-corrected chi connectivity index (χ0v) is 10.4. The lowest BCUT2D eigenvalue weighted by Gasteiger charge is -2.20. The predicted molar refractivity (Wildman–Crippen MR) is 64.1 cm³/mol. The Morgan fingerprint density at radius 1 is 1.44 bits per heavy atom. The van der Waals surface area contributed by atoms with Gasteiger partial charge in [0.2, 0.25) is 5.91 Å². The SMILES string of the molecule is Cn1ncc(C(=O)O)c1CN1CCCCCC1=O. The third kappa shape index (κ3) is 2.52. The Labute approximate surface area is 105 Å². The van der Waals surface area contributed by atoms with Crippen molar-refractivity contribution in [3.63, 3.8) is 0 Å². The molecule has 1 amide bonds. The molecule has 0 bridgehead atoms. The number of carbonyl (C=O) groups is 2. The topological polar surface area (TPSA) is 75.4 Å². The van der Waals surface area contributed by atoms with Crippen molar-refractivity contribution in [1.29, 1.82) is 0 Å². The molecule has 0 aliphatic carbocycles. The second-order valence-corrected chi connectivity index (χ2v) is 4.56. The number of carboxylic acid groups (broad SMARTS) is 1. The van der Waals surface area contributed by atoms with E-state index in [4.69, 9.17) is 5.11 Å². The highest BCUT2D eigenvalue weighted by Gasteiger charge is 2.22. The van der Waals surface area contributed by atoms with Crippen LogP contribution < -0.4 is 0 Å². The molecule has 1 fully saturated rings. The van der Waals surface area contributed by atoms with E-state index in [1.54, 1.807) is 11.9 Å². The first-order valence-electron chi connectivity index (χ1n) is 6.11. The molecule has 1 aliphatic heterocycles. The van der Waals surface area contributed by atoms with Gasteiger partial charge < -0.3 is 10.0 Å². The van der Waals surface area contributed by atoms with E-state index in [-0.39, 0.29) is 11.5 Å². The number of hydrogen-bond donors (Lipinski definition) is 1. The Morgan fingerprint density at radius 2 is 2.22 bits per heavy atom. The average molecular weight is 251 g/mol. The molecule has 0 saturated carbocycles. The highest BCUT2D eigenvalue weighted by atomic mass is 16.4. The van der Waals surface area contributed by atoms with E-state index in [9.17, 15) is 9.59 Å². The Kier molecular flexibility index (Phi) is 3.64. The van der Waals surface area contributed by atoms with E-state index in [0.29, 0.717) is 25.2 Å². The Morgan fingerprint density at radius 3 is 2.94 bits per heavy atom. The van der Waals surface area contributed by atoms with Gasteiger partial charge in [0.15, 0.2) is 0 Å². The van der Waals surface area contributed by atoms with Gasteiger partial charge >= 0.3 is 5.97 Å². The van der Waals surface area contributed by atoms with Gasteiger partial charge in [-0.3, -0.25) is 9.48 Å². The molecule has 0 aromatic carbocycles. The van der Waals surface area contributed by atoms with Crippen molar-refractivity contribution in [1.82, 2.24) is 14.7 Å². The number of aromatic nitrogens is 2. The zero-order chi connectivity index (χ0) is 13.1. The molecule has 6 nitrogen and oxygen atoms in total. The summed E-state index contributed by atoms with van der Waals surface area (Å²) in [7, 11) is 1.70. The van der Waals surface area contributed by atoms with Crippen molar-refractivity contribution in [3.05, 3.63) is 17.5 Å². The number of aromatic carboxylic acids is 1. The summed E-state index contributed by atoms with van der Waals surface area (Å²) in [6.45, 7) is 1.03. The van der Waals surface area contributed by atoms with Crippen LogP contribution in [0.25, 0.3) is 0 Å². The molecule has 1 aromatic rings. The van der Waals surface area contributed by atoms with Crippen molar-refractivity contribution in [2.75, 3.05) is 6.54 Å². The molecule has 18 heavy (non-hydrogen) atoms. The van der Waals surface area contributed by atoms with E-state index in [0.717, 1.165) is 19.3 Å². The standard InChI is InChI=1S/C12H17N3O3/c1-14-10(9(7-13-14)12(17)18)8-15-6-4-2-3-5-11(15)16/h7H,2-6,8H2,1H3,(H,17,18). The number of rotatable bonds is 3. The minimum atomic E-state index is -1.000. The molecular formula is C12H17N3O3. The summed E-state index contributed by atoms with van der Waals surface area (Å²) >= 11 is 0. The lowest BCUT2D eigenvalue weighted by molar-refractivity contribution is -0.131. The monoisotopic (exact) mass is 251 g/mol. The van der Waals surface area contributed by atoms with Crippen molar-refractivity contribution >= 4 is 11.9 Å². The van der Waals surface area contributed by atoms with Gasteiger partial charge in [-0.15, -0.1) is 0 Å². The van der Waals surface area contributed by atoms with Crippen molar-refractivity contribution in [2.24, 2.45) is 7.05 Å². The summed E-state index contributed by atoms with van der Waals surface area (Å²) in [6, 6.07) is 0. The number of carboxylic acids is 1. The van der Waals surface area contributed by atoms with Crippen molar-refractivity contribution < 1.29 is 14.7 Å². The summed E-state index contributed by atoms with van der Waals surface area (Å²) in [4.78, 5) is 24.7. The summed E-state index contributed by atoms with van der Waals surface area (Å²) in [5.41, 5.74) is 0.757. The first-order valence-corrected chi connectivity index (χ1v) is 6.11. The van der Waals surface area contributed by atoms with Gasteiger partial charge in [-0.2, -0.15) is 5.10 Å². The Hall–Kier alpha value is -1.85. The quantitative estimate of drug-likeness (QED) is 0.870. The van der Waals surface area contributed by atoms with Gasteiger partial charge in [0.25, 0.3) is 0 Å². The summed E-state index contributed by atoms with van der Waals surface area (Å²) in [5.74, 6) is -0.898.